The average molecular weight is 365 g/mol. The van der Waals surface area contributed by atoms with Crippen LogP contribution in [0.25, 0.3) is 11.2 Å². The summed E-state index contributed by atoms with van der Waals surface area (Å²) >= 11 is 0. The molecule has 142 valence electrons. The van der Waals surface area contributed by atoms with Gasteiger partial charge in [-0.2, -0.15) is 4.98 Å². The molecule has 0 saturated carbocycles. The summed E-state index contributed by atoms with van der Waals surface area (Å²) in [7, 11) is 0. The van der Waals surface area contributed by atoms with Gasteiger partial charge in [0.25, 0.3) is 0 Å². The zero-order chi connectivity index (χ0) is 18.5. The maximum Gasteiger partial charge on any atom is 0.318 e. The Bertz CT molecular complexity index is 885. The molecule has 1 aliphatic rings. The van der Waals surface area contributed by atoms with Crippen LogP contribution in [0.3, 0.4) is 0 Å². The van der Waals surface area contributed by atoms with Crippen LogP contribution in [0.1, 0.15) is 43.7 Å². The van der Waals surface area contributed by atoms with Crippen LogP contribution in [0.15, 0.2) is 36.8 Å². The first kappa shape index (κ1) is 17.9. The molecule has 6 heteroatoms. The van der Waals surface area contributed by atoms with Gasteiger partial charge < -0.3 is 9.30 Å². The van der Waals surface area contributed by atoms with Crippen LogP contribution in [-0.4, -0.2) is 44.1 Å². The Morgan fingerprint density at radius 2 is 1.89 bits per heavy atom. The molecule has 0 atom stereocenters. The van der Waals surface area contributed by atoms with E-state index in [1.165, 1.54) is 37.1 Å². The molecule has 0 unspecified atom stereocenters. The number of likely N-dealkylation sites (tertiary alicyclic amines) is 1. The molecule has 0 N–H and O–H groups in total. The van der Waals surface area contributed by atoms with Gasteiger partial charge in [-0.05, 0) is 43.5 Å². The van der Waals surface area contributed by atoms with E-state index in [1.807, 2.05) is 6.33 Å². The van der Waals surface area contributed by atoms with Crippen LogP contribution in [0.2, 0.25) is 0 Å². The van der Waals surface area contributed by atoms with E-state index in [1.54, 1.807) is 6.20 Å². The minimum absolute atomic E-state index is 0.431. The SMILES string of the molecule is CCCCOc1ncc2ncn(Cc3cccc(CN4CCCC4)c3)c2n1. The van der Waals surface area contributed by atoms with Crippen molar-refractivity contribution in [3.63, 3.8) is 0 Å². The molecular formula is C21H27N5O. The Hall–Kier alpha value is -2.47. The first-order chi connectivity index (χ1) is 13.3. The molecule has 2 aromatic heterocycles. The Morgan fingerprint density at radius 3 is 2.70 bits per heavy atom. The molecule has 27 heavy (non-hydrogen) atoms. The summed E-state index contributed by atoms with van der Waals surface area (Å²) in [6, 6.07) is 9.26. The van der Waals surface area contributed by atoms with Crippen molar-refractivity contribution in [2.24, 2.45) is 0 Å². The first-order valence-electron chi connectivity index (χ1n) is 9.92. The van der Waals surface area contributed by atoms with Crippen molar-refractivity contribution >= 4 is 11.2 Å². The Balaban J connectivity index is 1.49. The van der Waals surface area contributed by atoms with Crippen molar-refractivity contribution in [1.82, 2.24) is 24.4 Å². The molecule has 0 aliphatic carbocycles. The number of hydrogen-bond acceptors (Lipinski definition) is 5. The summed E-state index contributed by atoms with van der Waals surface area (Å²) in [5.41, 5.74) is 4.25. The fraction of sp³-hybridized carbons (Fsp3) is 0.476. The number of benzene rings is 1. The summed E-state index contributed by atoms with van der Waals surface area (Å²) in [6.07, 6.45) is 8.32. The molecule has 4 rings (SSSR count). The third-order valence-electron chi connectivity index (χ3n) is 5.01. The van der Waals surface area contributed by atoms with Crippen LogP contribution in [-0.2, 0) is 13.1 Å². The Kier molecular flexibility index (Phi) is 5.63. The van der Waals surface area contributed by atoms with E-state index in [4.69, 9.17) is 4.74 Å². The summed E-state index contributed by atoms with van der Waals surface area (Å²) in [5.74, 6) is 0. The molecule has 3 heterocycles. The maximum absolute atomic E-state index is 5.65. The lowest BCUT2D eigenvalue weighted by Crippen LogP contribution is -2.18. The van der Waals surface area contributed by atoms with Gasteiger partial charge >= 0.3 is 6.01 Å². The molecule has 0 bridgehead atoms. The molecule has 1 saturated heterocycles. The highest BCUT2D eigenvalue weighted by atomic mass is 16.5. The lowest BCUT2D eigenvalue weighted by molar-refractivity contribution is 0.286. The van der Waals surface area contributed by atoms with Crippen molar-refractivity contribution in [1.29, 1.82) is 0 Å². The van der Waals surface area contributed by atoms with Gasteiger partial charge in [0.15, 0.2) is 5.65 Å². The number of nitrogens with zero attached hydrogens (tertiary/aromatic N) is 5. The van der Waals surface area contributed by atoms with Gasteiger partial charge in [0.05, 0.1) is 25.7 Å². The quantitative estimate of drug-likeness (QED) is 0.570. The highest BCUT2D eigenvalue weighted by Gasteiger charge is 2.12. The Morgan fingerprint density at radius 1 is 1.07 bits per heavy atom. The maximum atomic E-state index is 5.65. The van der Waals surface area contributed by atoms with Gasteiger partial charge in [-0.3, -0.25) is 4.90 Å². The highest BCUT2D eigenvalue weighted by molar-refractivity contribution is 5.69. The van der Waals surface area contributed by atoms with Gasteiger partial charge in [0, 0.05) is 6.54 Å². The predicted molar refractivity (Wildman–Crippen MR) is 106 cm³/mol. The molecule has 1 aromatic carbocycles. The first-order valence-corrected chi connectivity index (χ1v) is 9.92. The minimum Gasteiger partial charge on any atom is -0.463 e. The number of unbranched alkanes of at least 4 members (excludes halogenated alkanes) is 1. The highest BCUT2D eigenvalue weighted by Crippen LogP contribution is 2.17. The van der Waals surface area contributed by atoms with Crippen molar-refractivity contribution in [2.75, 3.05) is 19.7 Å². The van der Waals surface area contributed by atoms with Crippen molar-refractivity contribution in [3.8, 4) is 6.01 Å². The van der Waals surface area contributed by atoms with Crippen LogP contribution >= 0.6 is 0 Å². The van der Waals surface area contributed by atoms with Crippen LogP contribution in [0.5, 0.6) is 6.01 Å². The number of hydrogen-bond donors (Lipinski definition) is 0. The molecule has 6 nitrogen and oxygen atoms in total. The van der Waals surface area contributed by atoms with Crippen LogP contribution < -0.4 is 4.74 Å². The second-order valence-electron chi connectivity index (χ2n) is 7.24. The summed E-state index contributed by atoms with van der Waals surface area (Å²) in [5, 5.41) is 0. The zero-order valence-electron chi connectivity index (χ0n) is 16.0. The summed E-state index contributed by atoms with van der Waals surface area (Å²) < 4.78 is 7.72. The molecule has 0 radical (unpaired) electrons. The lowest BCUT2D eigenvalue weighted by Gasteiger charge is -2.15. The number of imidazole rings is 1. The molecule has 1 fully saturated rings. The van der Waals surface area contributed by atoms with E-state index in [2.05, 4.69) is 55.6 Å². The van der Waals surface area contributed by atoms with Crippen molar-refractivity contribution in [2.45, 2.75) is 45.7 Å². The largest absolute Gasteiger partial charge is 0.463 e. The van der Waals surface area contributed by atoms with Crippen molar-refractivity contribution in [3.05, 3.63) is 47.9 Å². The van der Waals surface area contributed by atoms with Crippen molar-refractivity contribution < 1.29 is 4.74 Å². The zero-order valence-corrected chi connectivity index (χ0v) is 16.0. The second-order valence-corrected chi connectivity index (χ2v) is 7.24. The fourth-order valence-corrected chi connectivity index (χ4v) is 3.55. The third-order valence-corrected chi connectivity index (χ3v) is 5.01. The summed E-state index contributed by atoms with van der Waals surface area (Å²) in [6.45, 7) is 7.00. The van der Waals surface area contributed by atoms with E-state index >= 15 is 0 Å². The number of fused-ring (bicyclic) bond motifs is 1. The molecule has 0 amide bonds. The van der Waals surface area contributed by atoms with E-state index in [-0.39, 0.29) is 0 Å². The van der Waals surface area contributed by atoms with Crippen LogP contribution in [0.4, 0.5) is 0 Å². The van der Waals surface area contributed by atoms with Gasteiger partial charge in [-0.1, -0.05) is 37.6 Å². The topological polar surface area (TPSA) is 56.1 Å². The second kappa shape index (κ2) is 8.48. The smallest absolute Gasteiger partial charge is 0.318 e. The standard InChI is InChI=1S/C21H27N5O/c1-2-3-11-27-21-22-13-19-20(24-21)26(16-23-19)15-18-8-6-7-17(12-18)14-25-9-4-5-10-25/h6-8,12-13,16H,2-5,9-11,14-15H2,1H3. The van der Waals surface area contributed by atoms with Gasteiger partial charge in [-0.25, -0.2) is 9.97 Å². The van der Waals surface area contributed by atoms with Gasteiger partial charge in [-0.15, -0.1) is 0 Å². The van der Waals surface area contributed by atoms with E-state index in [0.717, 1.165) is 37.1 Å². The van der Waals surface area contributed by atoms with E-state index < -0.39 is 0 Å². The average Bonchev–Trinajstić information content (AvgIpc) is 3.33. The van der Waals surface area contributed by atoms with E-state index in [0.29, 0.717) is 12.6 Å². The van der Waals surface area contributed by atoms with Crippen LogP contribution in [0, 0.1) is 0 Å². The number of rotatable bonds is 8. The lowest BCUT2D eigenvalue weighted by atomic mass is 10.1. The normalized spacial score (nSPS) is 14.9. The monoisotopic (exact) mass is 365 g/mol. The molecule has 3 aromatic rings. The number of ether oxygens (including phenoxy) is 1. The van der Waals surface area contributed by atoms with E-state index in [9.17, 15) is 0 Å². The van der Waals surface area contributed by atoms with Gasteiger partial charge in [0.2, 0.25) is 0 Å². The number of aromatic nitrogens is 4. The van der Waals surface area contributed by atoms with Gasteiger partial charge in [0.1, 0.15) is 5.52 Å². The predicted octanol–water partition coefficient (Wildman–Crippen LogP) is 3.65. The minimum atomic E-state index is 0.431. The molecule has 1 aliphatic heterocycles. The fourth-order valence-electron chi connectivity index (χ4n) is 3.55. The third kappa shape index (κ3) is 4.45. The Labute approximate surface area is 160 Å². The molecular weight excluding hydrogens is 338 g/mol. The summed E-state index contributed by atoms with van der Waals surface area (Å²) in [4.78, 5) is 15.8. The molecule has 0 spiro atoms.